The molecule has 0 amide bonds. The van der Waals surface area contributed by atoms with Crippen LogP contribution in [0.1, 0.15) is 74.3 Å². The fourth-order valence-electron chi connectivity index (χ4n) is 5.80. The lowest BCUT2D eigenvalue weighted by atomic mass is 9.67. The van der Waals surface area contributed by atoms with Gasteiger partial charge in [0, 0.05) is 34.3 Å². The van der Waals surface area contributed by atoms with Gasteiger partial charge in [-0.25, -0.2) is 4.79 Å². The number of ketones is 1. The maximum atomic E-state index is 13.7. The summed E-state index contributed by atoms with van der Waals surface area (Å²) in [5.41, 5.74) is 7.89. The van der Waals surface area contributed by atoms with Gasteiger partial charge in [0.15, 0.2) is 5.78 Å². The zero-order valence-electron chi connectivity index (χ0n) is 22.8. The number of benzene rings is 2. The Labute approximate surface area is 224 Å². The van der Waals surface area contributed by atoms with Crippen LogP contribution in [-0.2, 0) is 20.9 Å². The van der Waals surface area contributed by atoms with Gasteiger partial charge in [-0.1, -0.05) is 31.5 Å². The number of dihydropyridines is 1. The maximum absolute atomic E-state index is 13.7. The topological polar surface area (TPSA) is 64.6 Å². The molecule has 1 heterocycles. The highest BCUT2D eigenvalue weighted by molar-refractivity contribution is 6.30. The second kappa shape index (κ2) is 10.4. The third-order valence-electron chi connectivity index (χ3n) is 7.41. The van der Waals surface area contributed by atoms with E-state index in [0.717, 1.165) is 51.4 Å². The van der Waals surface area contributed by atoms with Gasteiger partial charge in [0.1, 0.15) is 12.4 Å². The smallest absolute Gasteiger partial charge is 0.336 e. The first-order valence-electron chi connectivity index (χ1n) is 12.8. The predicted octanol–water partition coefficient (Wildman–Crippen LogP) is 7.01. The summed E-state index contributed by atoms with van der Waals surface area (Å²) < 4.78 is 11.6. The zero-order valence-corrected chi connectivity index (χ0v) is 23.6. The number of rotatable bonds is 6. The van der Waals surface area contributed by atoms with Gasteiger partial charge < -0.3 is 14.8 Å². The first kappa shape index (κ1) is 27.0. The number of nitrogens with one attached hydrogen (secondary N) is 1. The summed E-state index contributed by atoms with van der Waals surface area (Å²) in [6, 6.07) is 9.42. The summed E-state index contributed by atoms with van der Waals surface area (Å²) in [5, 5.41) is 4.07. The molecule has 2 aliphatic rings. The predicted molar refractivity (Wildman–Crippen MR) is 147 cm³/mol. The molecule has 37 heavy (non-hydrogen) atoms. The largest absolute Gasteiger partial charge is 0.489 e. The first-order chi connectivity index (χ1) is 17.4. The number of Topliss-reactive ketones (excluding diaryl/α,β-unsaturated/α-hetero) is 1. The molecule has 196 valence electrons. The Morgan fingerprint density at radius 3 is 2.41 bits per heavy atom. The molecule has 0 fully saturated rings. The van der Waals surface area contributed by atoms with Crippen LogP contribution >= 0.6 is 11.6 Å². The molecule has 1 aliphatic carbocycles. The van der Waals surface area contributed by atoms with Crippen molar-refractivity contribution in [3.8, 4) is 5.75 Å². The quantitative estimate of drug-likeness (QED) is 0.414. The molecule has 5 nitrogen and oxygen atoms in total. The van der Waals surface area contributed by atoms with Gasteiger partial charge in [-0.15, -0.1) is 0 Å². The van der Waals surface area contributed by atoms with Crippen LogP contribution in [-0.4, -0.2) is 18.4 Å². The van der Waals surface area contributed by atoms with Crippen LogP contribution in [0.4, 0.5) is 0 Å². The van der Waals surface area contributed by atoms with Crippen molar-refractivity contribution in [2.24, 2.45) is 5.41 Å². The van der Waals surface area contributed by atoms with Gasteiger partial charge in [0.25, 0.3) is 0 Å². The fourth-order valence-corrected chi connectivity index (χ4v) is 5.93. The zero-order chi connectivity index (χ0) is 27.1. The second-order valence-electron chi connectivity index (χ2n) is 10.9. The van der Waals surface area contributed by atoms with E-state index < -0.39 is 5.92 Å². The number of halogens is 1. The molecule has 0 radical (unpaired) electrons. The van der Waals surface area contributed by atoms with Crippen molar-refractivity contribution in [2.75, 3.05) is 6.61 Å². The highest BCUT2D eigenvalue weighted by Gasteiger charge is 2.44. The molecule has 1 N–H and O–H groups in total. The number of ether oxygens (including phenoxy) is 2. The lowest BCUT2D eigenvalue weighted by Crippen LogP contribution is -2.39. The highest BCUT2D eigenvalue weighted by atomic mass is 35.5. The van der Waals surface area contributed by atoms with E-state index in [1.165, 1.54) is 0 Å². The number of carbonyl (C=O) groups excluding carboxylic acids is 2. The molecule has 0 bridgehead atoms. The molecular weight excluding hydrogens is 486 g/mol. The number of hydrogen-bond acceptors (Lipinski definition) is 5. The molecule has 6 heteroatoms. The van der Waals surface area contributed by atoms with E-state index in [-0.39, 0.29) is 23.8 Å². The van der Waals surface area contributed by atoms with E-state index in [2.05, 4.69) is 46.0 Å². The third kappa shape index (κ3) is 5.33. The van der Waals surface area contributed by atoms with Crippen LogP contribution in [0, 0.1) is 26.2 Å². The van der Waals surface area contributed by atoms with Crippen LogP contribution in [0.25, 0.3) is 0 Å². The van der Waals surface area contributed by atoms with Crippen molar-refractivity contribution >= 4 is 23.4 Å². The summed E-state index contributed by atoms with van der Waals surface area (Å²) in [6.45, 7) is 14.7. The number of aryl methyl sites for hydroxylation is 2. The summed E-state index contributed by atoms with van der Waals surface area (Å²) in [5.74, 6) is -0.0741. The van der Waals surface area contributed by atoms with Crippen molar-refractivity contribution in [2.45, 2.75) is 73.8 Å². The van der Waals surface area contributed by atoms with E-state index >= 15 is 0 Å². The molecule has 0 aromatic heterocycles. The van der Waals surface area contributed by atoms with Crippen molar-refractivity contribution < 1.29 is 19.1 Å². The minimum atomic E-state index is -0.492. The summed E-state index contributed by atoms with van der Waals surface area (Å²) in [6.07, 6.45) is 1.18. The Morgan fingerprint density at radius 1 is 1.08 bits per heavy atom. The van der Waals surface area contributed by atoms with Gasteiger partial charge >= 0.3 is 5.97 Å². The summed E-state index contributed by atoms with van der Waals surface area (Å²) in [7, 11) is 0. The Bertz CT molecular complexity index is 1320. The normalized spacial score (nSPS) is 18.9. The van der Waals surface area contributed by atoms with Gasteiger partial charge in [-0.2, -0.15) is 0 Å². The summed E-state index contributed by atoms with van der Waals surface area (Å²) in [4.78, 5) is 27.0. The SMILES string of the molecule is CCOC(=O)C1=C(C)NC2=C(C(=O)CC(C)(C)C2)[C@@H]1c1c(C)cc(C)c(COc2ccc(Cl)cc2)c1C. The van der Waals surface area contributed by atoms with E-state index in [0.29, 0.717) is 29.2 Å². The lowest BCUT2D eigenvalue weighted by molar-refractivity contribution is -0.138. The van der Waals surface area contributed by atoms with Crippen molar-refractivity contribution in [1.29, 1.82) is 0 Å². The van der Waals surface area contributed by atoms with Crippen molar-refractivity contribution in [3.63, 3.8) is 0 Å². The molecule has 0 unspecified atom stereocenters. The third-order valence-corrected chi connectivity index (χ3v) is 7.66. The Morgan fingerprint density at radius 2 is 1.76 bits per heavy atom. The fraction of sp³-hybridized carbons (Fsp3) is 0.419. The van der Waals surface area contributed by atoms with Crippen LogP contribution in [0.2, 0.25) is 5.02 Å². The van der Waals surface area contributed by atoms with Crippen LogP contribution < -0.4 is 10.1 Å². The maximum Gasteiger partial charge on any atom is 0.336 e. The highest BCUT2D eigenvalue weighted by Crippen LogP contribution is 2.48. The van der Waals surface area contributed by atoms with Crippen LogP contribution in [0.15, 0.2) is 52.9 Å². The lowest BCUT2D eigenvalue weighted by Gasteiger charge is -2.40. The number of carbonyl (C=O) groups is 2. The average Bonchev–Trinajstić information content (AvgIpc) is 2.78. The number of esters is 1. The van der Waals surface area contributed by atoms with Gasteiger partial charge in [-0.3, -0.25) is 4.79 Å². The Hall–Kier alpha value is -3.05. The van der Waals surface area contributed by atoms with E-state index in [9.17, 15) is 9.59 Å². The molecule has 2 aromatic rings. The first-order valence-corrected chi connectivity index (χ1v) is 13.2. The minimum Gasteiger partial charge on any atom is -0.489 e. The molecule has 0 saturated heterocycles. The monoisotopic (exact) mass is 521 g/mol. The molecule has 0 spiro atoms. The Balaban J connectivity index is 1.86. The van der Waals surface area contributed by atoms with Crippen molar-refractivity contribution in [1.82, 2.24) is 5.32 Å². The molecule has 1 aliphatic heterocycles. The van der Waals surface area contributed by atoms with Crippen LogP contribution in [0.5, 0.6) is 5.75 Å². The Kier molecular flexibility index (Phi) is 7.57. The summed E-state index contributed by atoms with van der Waals surface area (Å²) >= 11 is 6.03. The molecule has 1 atom stereocenters. The number of hydrogen-bond donors (Lipinski definition) is 1. The molecular formula is C31H36ClNO4. The average molecular weight is 522 g/mol. The van der Waals surface area contributed by atoms with Crippen molar-refractivity contribution in [3.05, 3.63) is 85.7 Å². The standard InChI is InChI=1S/C31H36ClNO4/c1-8-36-30(35)27-20(5)33-24-14-31(6,7)15-25(34)28(24)29(27)26-18(3)13-17(2)23(19(26)4)16-37-22-11-9-21(32)10-12-22/h9-13,29,33H,8,14-16H2,1-7H3/t29-/m1/s1. The minimum absolute atomic E-state index is 0.0800. The van der Waals surface area contributed by atoms with E-state index in [4.69, 9.17) is 21.1 Å². The van der Waals surface area contributed by atoms with Gasteiger partial charge in [0.05, 0.1) is 12.2 Å². The molecule has 2 aromatic carbocycles. The number of allylic oxidation sites excluding steroid dienone is 3. The second-order valence-corrected chi connectivity index (χ2v) is 11.4. The molecule has 0 saturated carbocycles. The van der Waals surface area contributed by atoms with Gasteiger partial charge in [-0.05, 0) is 98.5 Å². The van der Waals surface area contributed by atoms with E-state index in [1.54, 1.807) is 19.1 Å². The van der Waals surface area contributed by atoms with Crippen LogP contribution in [0.3, 0.4) is 0 Å². The van der Waals surface area contributed by atoms with E-state index in [1.807, 2.05) is 19.1 Å². The van der Waals surface area contributed by atoms with Gasteiger partial charge in [0.2, 0.25) is 0 Å². The molecule has 4 rings (SSSR count).